The quantitative estimate of drug-likeness (QED) is 0.400. The first-order valence-corrected chi connectivity index (χ1v) is 4.99. The molecule has 0 saturated carbocycles. The van der Waals surface area contributed by atoms with E-state index in [1.807, 2.05) is 0 Å². The van der Waals surface area contributed by atoms with Crippen LogP contribution in [0.3, 0.4) is 0 Å². The first-order valence-electron chi connectivity index (χ1n) is 4.99. The molecule has 2 saturated heterocycles. The molecule has 2 rings (SSSR count). The van der Waals surface area contributed by atoms with Gasteiger partial charge in [-0.05, 0) is 0 Å². The fourth-order valence-corrected chi connectivity index (χ4v) is 0.659. The monoisotopic (exact) mass is 222 g/mol. The van der Waals surface area contributed by atoms with Crippen LogP contribution in [0.2, 0.25) is 0 Å². The van der Waals surface area contributed by atoms with Gasteiger partial charge in [0.2, 0.25) is 0 Å². The molecule has 15 heavy (non-hydrogen) atoms. The molecule has 0 spiro atoms. The molecular weight excluding hydrogens is 204 g/mol. The highest BCUT2D eigenvalue weighted by atomic mass is 16.7. The molecule has 2 fully saturated rings. The zero-order valence-electron chi connectivity index (χ0n) is 8.76. The first kappa shape index (κ1) is 12.8. The van der Waals surface area contributed by atoms with Crippen LogP contribution in [0, 0.1) is 0 Å². The molecule has 0 radical (unpaired) electrons. The lowest BCUT2D eigenvalue weighted by molar-refractivity contribution is -0.312. The molecule has 2 aliphatic heterocycles. The van der Waals surface area contributed by atoms with Gasteiger partial charge < -0.3 is 29.5 Å². The summed E-state index contributed by atoms with van der Waals surface area (Å²) in [5.41, 5.74) is 0. The highest BCUT2D eigenvalue weighted by Gasteiger charge is 2.26. The van der Waals surface area contributed by atoms with E-state index in [1.165, 1.54) is 6.92 Å². The van der Waals surface area contributed by atoms with Gasteiger partial charge in [0.05, 0.1) is 26.4 Å². The van der Waals surface area contributed by atoms with E-state index in [0.29, 0.717) is 12.2 Å². The lowest BCUT2D eigenvalue weighted by atomic mass is 10.4. The van der Waals surface area contributed by atoms with E-state index in [4.69, 9.17) is 29.5 Å². The number of rotatable bonds is 5. The van der Waals surface area contributed by atoms with Gasteiger partial charge in [-0.25, -0.2) is 0 Å². The Bertz CT molecular complexity index is 158. The summed E-state index contributed by atoms with van der Waals surface area (Å²) in [6.45, 7) is 4.72. The van der Waals surface area contributed by atoms with Crippen LogP contribution in [-0.2, 0) is 14.2 Å². The number of epoxide rings is 2. The van der Waals surface area contributed by atoms with E-state index < -0.39 is 5.97 Å². The molecular formula is C9H18O6. The molecule has 0 amide bonds. The summed E-state index contributed by atoms with van der Waals surface area (Å²) in [6, 6.07) is 0. The molecule has 2 heterocycles. The van der Waals surface area contributed by atoms with E-state index in [2.05, 4.69) is 0 Å². The molecule has 6 heteroatoms. The van der Waals surface area contributed by atoms with Crippen molar-refractivity contribution in [1.82, 2.24) is 0 Å². The summed E-state index contributed by atoms with van der Waals surface area (Å²) >= 11 is 0. The van der Waals surface area contributed by atoms with Crippen molar-refractivity contribution < 1.29 is 29.5 Å². The largest absolute Gasteiger partial charge is 0.376 e. The van der Waals surface area contributed by atoms with E-state index in [-0.39, 0.29) is 6.42 Å². The van der Waals surface area contributed by atoms with Crippen molar-refractivity contribution in [2.24, 2.45) is 0 Å². The summed E-state index contributed by atoms with van der Waals surface area (Å²) in [7, 11) is 0. The predicted molar refractivity (Wildman–Crippen MR) is 50.0 cm³/mol. The smallest absolute Gasteiger partial charge is 0.274 e. The average molecular weight is 222 g/mol. The zero-order chi connectivity index (χ0) is 11.3. The van der Waals surface area contributed by atoms with Gasteiger partial charge in [-0.2, -0.15) is 0 Å². The maximum Gasteiger partial charge on any atom is 0.274 e. The standard InChI is InChI=1S/C6H10O3.C3H8O3/c1(5-3-8-5)7-2-6-4-9-6;1-2-3(4,5)6/h5-6H,1-4H2;4-6H,2H2,1H3. The Balaban J connectivity index is 0.000000167. The minimum Gasteiger partial charge on any atom is -0.376 e. The molecule has 0 aromatic heterocycles. The number of ether oxygens (including phenoxy) is 3. The molecule has 0 bridgehead atoms. The minimum atomic E-state index is -2.46. The van der Waals surface area contributed by atoms with Crippen LogP contribution in [0.5, 0.6) is 0 Å². The van der Waals surface area contributed by atoms with E-state index in [1.54, 1.807) is 0 Å². The summed E-state index contributed by atoms with van der Waals surface area (Å²) in [4.78, 5) is 0. The second-order valence-electron chi connectivity index (χ2n) is 3.58. The summed E-state index contributed by atoms with van der Waals surface area (Å²) < 4.78 is 15.1. The van der Waals surface area contributed by atoms with Gasteiger partial charge in [0.15, 0.2) is 0 Å². The van der Waals surface area contributed by atoms with Crippen molar-refractivity contribution in [3.63, 3.8) is 0 Å². The van der Waals surface area contributed by atoms with Gasteiger partial charge in [0, 0.05) is 6.42 Å². The first-order chi connectivity index (χ1) is 7.01. The number of hydrogen-bond acceptors (Lipinski definition) is 6. The van der Waals surface area contributed by atoms with Gasteiger partial charge in [-0.15, -0.1) is 0 Å². The lowest BCUT2D eigenvalue weighted by Gasteiger charge is -2.08. The van der Waals surface area contributed by atoms with E-state index in [0.717, 1.165) is 26.4 Å². The van der Waals surface area contributed by atoms with Crippen LogP contribution < -0.4 is 0 Å². The topological polar surface area (TPSA) is 95.0 Å². The highest BCUT2D eigenvalue weighted by Crippen LogP contribution is 2.12. The van der Waals surface area contributed by atoms with Crippen molar-refractivity contribution in [3.05, 3.63) is 0 Å². The minimum absolute atomic E-state index is 0.0625. The van der Waals surface area contributed by atoms with Crippen molar-refractivity contribution in [2.45, 2.75) is 31.5 Å². The van der Waals surface area contributed by atoms with E-state index in [9.17, 15) is 0 Å². The Labute approximate surface area is 88.4 Å². The van der Waals surface area contributed by atoms with Gasteiger partial charge >= 0.3 is 0 Å². The van der Waals surface area contributed by atoms with Crippen LogP contribution in [0.1, 0.15) is 13.3 Å². The molecule has 3 N–H and O–H groups in total. The Kier molecular flexibility index (Phi) is 4.91. The number of aliphatic hydroxyl groups is 3. The van der Waals surface area contributed by atoms with Crippen LogP contribution in [-0.4, -0.2) is 59.9 Å². The Morgan fingerprint density at radius 1 is 1.13 bits per heavy atom. The average Bonchev–Trinajstić information content (AvgIpc) is 2.98. The molecule has 90 valence electrons. The van der Waals surface area contributed by atoms with Gasteiger partial charge in [0.25, 0.3) is 5.97 Å². The van der Waals surface area contributed by atoms with Crippen molar-refractivity contribution in [2.75, 3.05) is 26.4 Å². The van der Waals surface area contributed by atoms with Gasteiger partial charge in [-0.1, -0.05) is 6.92 Å². The third kappa shape index (κ3) is 8.73. The maximum atomic E-state index is 7.94. The van der Waals surface area contributed by atoms with Crippen LogP contribution >= 0.6 is 0 Å². The molecule has 2 atom stereocenters. The predicted octanol–water partition coefficient (Wildman–Crippen LogP) is -1.17. The van der Waals surface area contributed by atoms with Crippen molar-refractivity contribution >= 4 is 0 Å². The van der Waals surface area contributed by atoms with Crippen LogP contribution in [0.25, 0.3) is 0 Å². The summed E-state index contributed by atoms with van der Waals surface area (Å²) in [5, 5.41) is 23.8. The van der Waals surface area contributed by atoms with Crippen molar-refractivity contribution in [3.8, 4) is 0 Å². The maximum absolute atomic E-state index is 7.94. The highest BCUT2D eigenvalue weighted by molar-refractivity contribution is 4.71. The van der Waals surface area contributed by atoms with Gasteiger partial charge in [0.1, 0.15) is 12.2 Å². The normalized spacial score (nSPS) is 28.0. The fourth-order valence-electron chi connectivity index (χ4n) is 0.659. The second-order valence-corrected chi connectivity index (χ2v) is 3.58. The molecule has 0 aromatic carbocycles. The molecule has 0 aliphatic carbocycles. The number of hydrogen-bond donors (Lipinski definition) is 3. The SMILES string of the molecule is C(OCC1CO1)C1CO1.CCC(O)(O)O. The zero-order valence-corrected chi connectivity index (χ0v) is 8.76. The second kappa shape index (κ2) is 5.74. The van der Waals surface area contributed by atoms with E-state index >= 15 is 0 Å². The molecule has 6 nitrogen and oxygen atoms in total. The Hall–Kier alpha value is -0.240. The van der Waals surface area contributed by atoms with Crippen LogP contribution in [0.4, 0.5) is 0 Å². The third-order valence-corrected chi connectivity index (χ3v) is 1.89. The Morgan fingerprint density at radius 3 is 1.67 bits per heavy atom. The summed E-state index contributed by atoms with van der Waals surface area (Å²) in [6.07, 6.45) is 0.722. The van der Waals surface area contributed by atoms with Crippen molar-refractivity contribution in [1.29, 1.82) is 0 Å². The molecule has 0 aromatic rings. The summed E-state index contributed by atoms with van der Waals surface area (Å²) in [5.74, 6) is -2.46. The molecule has 2 unspecified atom stereocenters. The van der Waals surface area contributed by atoms with Crippen LogP contribution in [0.15, 0.2) is 0 Å². The molecule has 2 aliphatic rings. The lowest BCUT2D eigenvalue weighted by Crippen LogP contribution is -2.24. The third-order valence-electron chi connectivity index (χ3n) is 1.89. The fraction of sp³-hybridized carbons (Fsp3) is 1.00. The Morgan fingerprint density at radius 2 is 1.47 bits per heavy atom. The van der Waals surface area contributed by atoms with Gasteiger partial charge in [-0.3, -0.25) is 0 Å².